The lowest BCUT2D eigenvalue weighted by Crippen LogP contribution is -2.08. The summed E-state index contributed by atoms with van der Waals surface area (Å²) in [7, 11) is 1.44. The van der Waals surface area contributed by atoms with Crippen LogP contribution < -0.4 is 4.74 Å². The van der Waals surface area contributed by atoms with Crippen LogP contribution in [0.1, 0.15) is 15.9 Å². The molecule has 2 heterocycles. The van der Waals surface area contributed by atoms with Crippen LogP contribution in [0.25, 0.3) is 17.1 Å². The number of aromatic nitrogens is 4. The van der Waals surface area contributed by atoms with Gasteiger partial charge in [-0.2, -0.15) is 0 Å². The Hall–Kier alpha value is -3.23. The van der Waals surface area contributed by atoms with E-state index < -0.39 is 5.82 Å². The highest BCUT2D eigenvalue weighted by atomic mass is 35.5. The van der Waals surface area contributed by atoms with E-state index in [0.29, 0.717) is 21.8 Å². The highest BCUT2D eigenvalue weighted by molar-refractivity contribution is 7.99. The van der Waals surface area contributed by atoms with E-state index >= 15 is 0 Å². The zero-order valence-electron chi connectivity index (χ0n) is 17.3. The van der Waals surface area contributed by atoms with Crippen LogP contribution in [0.5, 0.6) is 5.75 Å². The van der Waals surface area contributed by atoms with Crippen molar-refractivity contribution in [2.24, 2.45) is 0 Å². The van der Waals surface area contributed by atoms with E-state index in [1.807, 2.05) is 41.8 Å². The Balaban J connectivity index is 1.72. The lowest BCUT2D eigenvalue weighted by Gasteiger charge is -2.14. The first-order valence-corrected chi connectivity index (χ1v) is 11.0. The third kappa shape index (κ3) is 4.37. The molecule has 4 rings (SSSR count). The van der Waals surface area contributed by atoms with E-state index in [-0.39, 0.29) is 17.1 Å². The maximum absolute atomic E-state index is 13.7. The molecular formula is C23H18ClFN4O2S. The first kappa shape index (κ1) is 22.0. The number of thioether (sulfide) groups is 1. The van der Waals surface area contributed by atoms with E-state index in [0.717, 1.165) is 16.8 Å². The van der Waals surface area contributed by atoms with Gasteiger partial charge < -0.3 is 4.74 Å². The number of rotatable bonds is 7. The highest BCUT2D eigenvalue weighted by Gasteiger charge is 2.21. The number of ketones is 1. The number of benzene rings is 2. The quantitative estimate of drug-likeness (QED) is 0.266. The van der Waals surface area contributed by atoms with Gasteiger partial charge in [0.2, 0.25) is 0 Å². The largest absolute Gasteiger partial charge is 0.496 e. The minimum absolute atomic E-state index is 0.0217. The predicted octanol–water partition coefficient (Wildman–Crippen LogP) is 5.41. The van der Waals surface area contributed by atoms with E-state index in [1.54, 1.807) is 12.4 Å². The molecule has 0 fully saturated rings. The van der Waals surface area contributed by atoms with Gasteiger partial charge in [-0.15, -0.1) is 10.2 Å². The topological polar surface area (TPSA) is 69.9 Å². The summed E-state index contributed by atoms with van der Waals surface area (Å²) < 4.78 is 20.8. The summed E-state index contributed by atoms with van der Waals surface area (Å²) in [6.07, 6.45) is 3.34. The van der Waals surface area contributed by atoms with Crippen LogP contribution in [0.3, 0.4) is 0 Å². The Morgan fingerprint density at radius 2 is 1.94 bits per heavy atom. The number of hydrogen-bond acceptors (Lipinski definition) is 6. The average Bonchev–Trinajstić information content (AvgIpc) is 3.23. The lowest BCUT2D eigenvalue weighted by molar-refractivity contribution is 0.101. The molecule has 0 radical (unpaired) electrons. The third-order valence-corrected chi connectivity index (χ3v) is 6.18. The molecule has 2 aromatic heterocycles. The molecule has 0 spiro atoms. The van der Waals surface area contributed by atoms with Crippen molar-refractivity contribution in [3.63, 3.8) is 0 Å². The zero-order chi connectivity index (χ0) is 22.7. The van der Waals surface area contributed by atoms with Crippen LogP contribution in [0.4, 0.5) is 4.39 Å². The molecule has 0 aliphatic heterocycles. The summed E-state index contributed by atoms with van der Waals surface area (Å²) in [6.45, 7) is 1.91. The zero-order valence-corrected chi connectivity index (χ0v) is 18.8. The van der Waals surface area contributed by atoms with Crippen molar-refractivity contribution in [2.75, 3.05) is 12.9 Å². The third-order valence-electron chi connectivity index (χ3n) is 4.85. The van der Waals surface area contributed by atoms with E-state index in [9.17, 15) is 9.18 Å². The molecule has 0 bridgehead atoms. The number of nitrogens with zero attached hydrogens (tertiary/aromatic N) is 4. The molecule has 0 N–H and O–H groups in total. The second kappa shape index (κ2) is 9.50. The molecule has 9 heteroatoms. The molecule has 0 unspecified atom stereocenters. The predicted molar refractivity (Wildman–Crippen MR) is 122 cm³/mol. The summed E-state index contributed by atoms with van der Waals surface area (Å²) in [5.74, 6) is 0.150. The van der Waals surface area contributed by atoms with E-state index in [1.165, 1.54) is 37.1 Å². The second-order valence-corrected chi connectivity index (χ2v) is 8.17. The van der Waals surface area contributed by atoms with E-state index in [2.05, 4.69) is 15.2 Å². The lowest BCUT2D eigenvalue weighted by atomic mass is 10.1. The molecule has 0 saturated carbocycles. The van der Waals surface area contributed by atoms with Crippen molar-refractivity contribution in [2.45, 2.75) is 12.1 Å². The maximum Gasteiger partial charge on any atom is 0.196 e. The number of pyridine rings is 1. The van der Waals surface area contributed by atoms with Crippen molar-refractivity contribution in [1.29, 1.82) is 0 Å². The summed E-state index contributed by atoms with van der Waals surface area (Å²) in [5.41, 5.74) is 2.65. The fourth-order valence-electron chi connectivity index (χ4n) is 3.21. The highest BCUT2D eigenvalue weighted by Crippen LogP contribution is 2.32. The summed E-state index contributed by atoms with van der Waals surface area (Å²) in [5, 5.41) is 9.79. The van der Waals surface area contributed by atoms with Gasteiger partial charge in [-0.25, -0.2) is 4.39 Å². The minimum Gasteiger partial charge on any atom is -0.496 e. The molecule has 6 nitrogen and oxygen atoms in total. The van der Waals surface area contributed by atoms with Crippen molar-refractivity contribution in [3.05, 3.63) is 82.9 Å². The monoisotopic (exact) mass is 468 g/mol. The van der Waals surface area contributed by atoms with Crippen LogP contribution in [0, 0.1) is 12.7 Å². The number of halogens is 2. The maximum atomic E-state index is 13.7. The Kier molecular flexibility index (Phi) is 6.53. The molecule has 0 atom stereocenters. The van der Waals surface area contributed by atoms with Gasteiger partial charge in [-0.05, 0) is 55.0 Å². The first-order chi connectivity index (χ1) is 15.5. The standard InChI is InChI=1S/C23H18ClFN4O2S/c1-14-18(24)4-3-5-19(14)29-22(15-8-10-26-11-9-15)27-28-23(29)32-13-20(30)17-12-16(25)6-7-21(17)31-2/h3-12H,13H2,1-2H3. The number of carbonyl (C=O) groups is 1. The van der Waals surface area contributed by atoms with Crippen molar-refractivity contribution >= 4 is 29.1 Å². The van der Waals surface area contributed by atoms with Gasteiger partial charge in [0.1, 0.15) is 11.6 Å². The smallest absolute Gasteiger partial charge is 0.196 e. The Labute approximate surface area is 193 Å². The second-order valence-electron chi connectivity index (χ2n) is 6.82. The van der Waals surface area contributed by atoms with Crippen molar-refractivity contribution in [1.82, 2.24) is 19.7 Å². The van der Waals surface area contributed by atoms with Gasteiger partial charge in [0.25, 0.3) is 0 Å². The number of hydrogen-bond donors (Lipinski definition) is 0. The fraction of sp³-hybridized carbons (Fsp3) is 0.130. The van der Waals surface area contributed by atoms with Gasteiger partial charge in [-0.1, -0.05) is 29.4 Å². The normalized spacial score (nSPS) is 10.9. The number of methoxy groups -OCH3 is 1. The molecule has 0 aliphatic rings. The number of carbonyl (C=O) groups excluding carboxylic acids is 1. The fourth-order valence-corrected chi connectivity index (χ4v) is 4.21. The molecule has 0 aliphatic carbocycles. The molecule has 0 saturated heterocycles. The summed E-state index contributed by atoms with van der Waals surface area (Å²) in [4.78, 5) is 16.9. The first-order valence-electron chi connectivity index (χ1n) is 9.60. The van der Waals surface area contributed by atoms with Gasteiger partial charge in [0.15, 0.2) is 16.8 Å². The molecule has 162 valence electrons. The Morgan fingerprint density at radius 1 is 1.16 bits per heavy atom. The summed E-state index contributed by atoms with van der Waals surface area (Å²) >= 11 is 7.57. The Bertz CT molecular complexity index is 1280. The Morgan fingerprint density at radius 3 is 2.69 bits per heavy atom. The molecule has 4 aromatic rings. The van der Waals surface area contributed by atoms with Crippen molar-refractivity contribution in [3.8, 4) is 22.8 Å². The molecule has 32 heavy (non-hydrogen) atoms. The molecular weight excluding hydrogens is 451 g/mol. The van der Waals surface area contributed by atoms with Crippen molar-refractivity contribution < 1.29 is 13.9 Å². The van der Waals surface area contributed by atoms with Crippen LogP contribution in [-0.4, -0.2) is 38.4 Å². The van der Waals surface area contributed by atoms with Crippen LogP contribution in [0.15, 0.2) is 66.1 Å². The molecule has 2 aromatic carbocycles. The number of ether oxygens (including phenoxy) is 1. The van der Waals surface area contributed by atoms with Crippen LogP contribution in [0.2, 0.25) is 5.02 Å². The SMILES string of the molecule is COc1ccc(F)cc1C(=O)CSc1nnc(-c2ccncc2)n1-c1cccc(Cl)c1C. The van der Waals surface area contributed by atoms with Gasteiger partial charge in [0, 0.05) is 23.0 Å². The van der Waals surface area contributed by atoms with Crippen LogP contribution in [-0.2, 0) is 0 Å². The van der Waals surface area contributed by atoms with Crippen LogP contribution >= 0.6 is 23.4 Å². The van der Waals surface area contributed by atoms with E-state index in [4.69, 9.17) is 16.3 Å². The van der Waals surface area contributed by atoms with Gasteiger partial charge >= 0.3 is 0 Å². The molecule has 0 amide bonds. The van der Waals surface area contributed by atoms with Gasteiger partial charge in [0.05, 0.1) is 24.1 Å². The number of Topliss-reactive ketones (excluding diaryl/α,β-unsaturated/α-hetero) is 1. The average molecular weight is 469 g/mol. The van der Waals surface area contributed by atoms with Gasteiger partial charge in [-0.3, -0.25) is 14.3 Å². The minimum atomic E-state index is -0.503. The summed E-state index contributed by atoms with van der Waals surface area (Å²) in [6, 6.07) is 13.1.